The van der Waals surface area contributed by atoms with Gasteiger partial charge in [-0.15, -0.1) is 0 Å². The molecule has 7 heteroatoms. The third-order valence-corrected chi connectivity index (χ3v) is 4.31. The van der Waals surface area contributed by atoms with Gasteiger partial charge in [-0.1, -0.05) is 22.0 Å². The van der Waals surface area contributed by atoms with Crippen LogP contribution in [0, 0.1) is 5.82 Å². The topological polar surface area (TPSA) is 54.0 Å². The molecule has 0 bridgehead atoms. The summed E-state index contributed by atoms with van der Waals surface area (Å²) in [5.41, 5.74) is 0.911. The van der Waals surface area contributed by atoms with Crippen LogP contribution in [-0.2, 0) is 4.74 Å². The molecule has 0 spiro atoms. The first-order chi connectivity index (χ1) is 11.5. The van der Waals surface area contributed by atoms with Gasteiger partial charge in [0.15, 0.2) is 17.6 Å². The van der Waals surface area contributed by atoms with Crippen molar-refractivity contribution >= 4 is 21.9 Å². The van der Waals surface area contributed by atoms with E-state index in [0.29, 0.717) is 21.5 Å². The van der Waals surface area contributed by atoms with Crippen molar-refractivity contribution in [1.29, 1.82) is 0 Å². The van der Waals surface area contributed by atoms with Crippen molar-refractivity contribution in [3.05, 3.63) is 51.2 Å². The maximum atomic E-state index is 14.4. The molecule has 2 aromatic rings. The fourth-order valence-electron chi connectivity index (χ4n) is 2.77. The molecule has 126 valence electrons. The highest BCUT2D eigenvalue weighted by Crippen LogP contribution is 2.50. The van der Waals surface area contributed by atoms with Crippen molar-refractivity contribution in [2.24, 2.45) is 0 Å². The summed E-state index contributed by atoms with van der Waals surface area (Å²) in [7, 11) is 4.35. The van der Waals surface area contributed by atoms with Crippen LogP contribution < -0.4 is 14.2 Å². The second-order valence-electron chi connectivity index (χ2n) is 5.06. The number of methoxy groups -OCH3 is 3. The predicted octanol–water partition coefficient (Wildman–Crippen LogP) is 3.87. The Bertz CT molecular complexity index is 821. The van der Waals surface area contributed by atoms with Crippen molar-refractivity contribution in [2.75, 3.05) is 21.3 Å². The molecule has 3 rings (SSSR count). The average Bonchev–Trinajstić information content (AvgIpc) is 2.89. The van der Waals surface area contributed by atoms with E-state index in [4.69, 9.17) is 18.9 Å². The molecule has 0 fully saturated rings. The molecule has 0 N–H and O–H groups in total. The van der Waals surface area contributed by atoms with Crippen LogP contribution in [0.15, 0.2) is 28.7 Å². The zero-order valence-corrected chi connectivity index (χ0v) is 14.8. The number of carbonyl (C=O) groups is 1. The van der Waals surface area contributed by atoms with Gasteiger partial charge in [0, 0.05) is 10.0 Å². The molecule has 0 radical (unpaired) electrons. The molecule has 1 unspecified atom stereocenters. The van der Waals surface area contributed by atoms with Gasteiger partial charge in [-0.25, -0.2) is 9.18 Å². The van der Waals surface area contributed by atoms with Gasteiger partial charge in [-0.3, -0.25) is 0 Å². The highest BCUT2D eigenvalue weighted by Gasteiger charge is 2.39. The lowest BCUT2D eigenvalue weighted by molar-refractivity contribution is 0.0449. The summed E-state index contributed by atoms with van der Waals surface area (Å²) in [5, 5.41) is 0. The molecule has 0 aromatic heterocycles. The van der Waals surface area contributed by atoms with Crippen molar-refractivity contribution in [1.82, 2.24) is 0 Å². The minimum absolute atomic E-state index is 0.232. The largest absolute Gasteiger partial charge is 0.493 e. The van der Waals surface area contributed by atoms with E-state index in [0.717, 1.165) is 0 Å². The number of halogens is 2. The van der Waals surface area contributed by atoms with E-state index < -0.39 is 17.9 Å². The molecule has 24 heavy (non-hydrogen) atoms. The summed E-state index contributed by atoms with van der Waals surface area (Å²) < 4.78 is 36.3. The van der Waals surface area contributed by atoms with Gasteiger partial charge in [0.25, 0.3) is 0 Å². The standard InChI is InChI=1S/C17H14BrFO5/c1-21-12-7-10-13(16(23-3)15(12)22-2)14(24-17(10)20)9-5-4-8(18)6-11(9)19/h4-7,14H,1-3H3. The third kappa shape index (κ3) is 2.49. The number of cyclic esters (lactones) is 1. The molecule has 1 atom stereocenters. The number of rotatable bonds is 4. The van der Waals surface area contributed by atoms with Crippen molar-refractivity contribution in [3.8, 4) is 17.2 Å². The van der Waals surface area contributed by atoms with Crippen molar-refractivity contribution in [3.63, 3.8) is 0 Å². The van der Waals surface area contributed by atoms with Crippen molar-refractivity contribution in [2.45, 2.75) is 6.10 Å². The summed E-state index contributed by atoms with van der Waals surface area (Å²) in [6.07, 6.45) is -0.921. The Kier molecular flexibility index (Phi) is 4.36. The Morgan fingerprint density at radius 1 is 1.08 bits per heavy atom. The molecule has 0 saturated heterocycles. The molecule has 0 aliphatic carbocycles. The van der Waals surface area contributed by atoms with Gasteiger partial charge in [-0.2, -0.15) is 0 Å². The van der Waals surface area contributed by atoms with Gasteiger partial charge in [0.2, 0.25) is 5.75 Å². The number of benzene rings is 2. The first-order valence-corrected chi connectivity index (χ1v) is 7.79. The fraction of sp³-hybridized carbons (Fsp3) is 0.235. The van der Waals surface area contributed by atoms with E-state index in [-0.39, 0.29) is 16.9 Å². The van der Waals surface area contributed by atoms with Gasteiger partial charge in [0.1, 0.15) is 5.82 Å². The van der Waals surface area contributed by atoms with Gasteiger partial charge >= 0.3 is 5.97 Å². The van der Waals surface area contributed by atoms with Gasteiger partial charge in [-0.05, 0) is 18.2 Å². The second kappa shape index (κ2) is 6.32. The van der Waals surface area contributed by atoms with Gasteiger partial charge < -0.3 is 18.9 Å². The molecule has 1 heterocycles. The number of fused-ring (bicyclic) bond motifs is 1. The molecule has 0 saturated carbocycles. The zero-order chi connectivity index (χ0) is 17.4. The van der Waals surface area contributed by atoms with Gasteiger partial charge in [0.05, 0.1) is 32.5 Å². The van der Waals surface area contributed by atoms with Crippen LogP contribution in [0.3, 0.4) is 0 Å². The quantitative estimate of drug-likeness (QED) is 0.734. The monoisotopic (exact) mass is 396 g/mol. The van der Waals surface area contributed by atoms with E-state index in [9.17, 15) is 9.18 Å². The Balaban J connectivity index is 2.26. The first-order valence-electron chi connectivity index (χ1n) is 7.00. The lowest BCUT2D eigenvalue weighted by Crippen LogP contribution is -2.05. The van der Waals surface area contributed by atoms with E-state index in [2.05, 4.69) is 15.9 Å². The fourth-order valence-corrected chi connectivity index (χ4v) is 3.10. The molecule has 5 nitrogen and oxygen atoms in total. The van der Waals surface area contributed by atoms with Crippen LogP contribution >= 0.6 is 15.9 Å². The number of carbonyl (C=O) groups excluding carboxylic acids is 1. The van der Waals surface area contributed by atoms with Crippen LogP contribution in [0.25, 0.3) is 0 Å². The summed E-state index contributed by atoms with van der Waals surface area (Å²) >= 11 is 3.21. The normalized spacial score (nSPS) is 15.7. The lowest BCUT2D eigenvalue weighted by atomic mass is 9.97. The second-order valence-corrected chi connectivity index (χ2v) is 5.97. The average molecular weight is 397 g/mol. The van der Waals surface area contributed by atoms with E-state index in [1.54, 1.807) is 12.1 Å². The zero-order valence-electron chi connectivity index (χ0n) is 13.2. The third-order valence-electron chi connectivity index (χ3n) is 3.82. The number of ether oxygens (including phenoxy) is 4. The first kappa shape index (κ1) is 16.6. The highest BCUT2D eigenvalue weighted by molar-refractivity contribution is 9.10. The lowest BCUT2D eigenvalue weighted by Gasteiger charge is -2.18. The molecule has 0 amide bonds. The Morgan fingerprint density at radius 2 is 1.79 bits per heavy atom. The molecule has 1 aliphatic rings. The molecular formula is C17H14BrFO5. The minimum Gasteiger partial charge on any atom is -0.493 e. The summed E-state index contributed by atoms with van der Waals surface area (Å²) in [4.78, 5) is 12.3. The van der Waals surface area contributed by atoms with E-state index >= 15 is 0 Å². The predicted molar refractivity (Wildman–Crippen MR) is 87.5 cm³/mol. The van der Waals surface area contributed by atoms with Crippen LogP contribution in [0.2, 0.25) is 0 Å². The Labute approximate surface area is 146 Å². The maximum absolute atomic E-state index is 14.4. The Hall–Kier alpha value is -2.28. The highest BCUT2D eigenvalue weighted by atomic mass is 79.9. The Morgan fingerprint density at radius 3 is 2.38 bits per heavy atom. The van der Waals surface area contributed by atoms with Crippen LogP contribution in [0.5, 0.6) is 17.2 Å². The SMILES string of the molecule is COc1cc2c(c(OC)c1OC)C(c1ccc(Br)cc1F)OC2=O. The van der Waals surface area contributed by atoms with Crippen LogP contribution in [0.4, 0.5) is 4.39 Å². The number of hydrogen-bond acceptors (Lipinski definition) is 5. The molecule has 1 aliphatic heterocycles. The van der Waals surface area contributed by atoms with Crippen molar-refractivity contribution < 1.29 is 28.1 Å². The maximum Gasteiger partial charge on any atom is 0.339 e. The van der Waals surface area contributed by atoms with E-state index in [1.807, 2.05) is 0 Å². The minimum atomic E-state index is -0.921. The van der Waals surface area contributed by atoms with Crippen LogP contribution in [-0.4, -0.2) is 27.3 Å². The molecule has 2 aromatic carbocycles. The summed E-state index contributed by atoms with van der Waals surface area (Å²) in [6, 6.07) is 6.06. The number of esters is 1. The molecular weight excluding hydrogens is 383 g/mol. The van der Waals surface area contributed by atoms with Crippen LogP contribution in [0.1, 0.15) is 27.6 Å². The number of hydrogen-bond donors (Lipinski definition) is 0. The summed E-state index contributed by atoms with van der Waals surface area (Å²) in [6.45, 7) is 0. The smallest absolute Gasteiger partial charge is 0.339 e. The van der Waals surface area contributed by atoms with E-state index in [1.165, 1.54) is 33.5 Å². The summed E-state index contributed by atoms with van der Waals surface area (Å²) in [5.74, 6) is -0.130.